The van der Waals surface area contributed by atoms with E-state index in [1.807, 2.05) is 43.3 Å². The first-order valence-corrected chi connectivity index (χ1v) is 5.91. The lowest BCUT2D eigenvalue weighted by atomic mass is 10.2. The lowest BCUT2D eigenvalue weighted by molar-refractivity contribution is 0.328. The summed E-state index contributed by atoms with van der Waals surface area (Å²) in [5.74, 6) is 1.66. The van der Waals surface area contributed by atoms with Gasteiger partial charge in [-0.1, -0.05) is 12.1 Å². The number of nitrogens with zero attached hydrogens (tertiary/aromatic N) is 1. The summed E-state index contributed by atoms with van der Waals surface area (Å²) >= 11 is 0. The fourth-order valence-electron chi connectivity index (χ4n) is 1.59. The molecule has 0 saturated heterocycles. The summed E-state index contributed by atoms with van der Waals surface area (Å²) in [5, 5.41) is 3.27. The minimum absolute atomic E-state index is 0.511. The SMILES string of the molecule is Cc1cccnc1Nc1cccc(OCCN)c1. The van der Waals surface area contributed by atoms with Gasteiger partial charge < -0.3 is 15.8 Å². The molecule has 0 aliphatic carbocycles. The summed E-state index contributed by atoms with van der Waals surface area (Å²) in [6.45, 7) is 3.05. The number of hydrogen-bond donors (Lipinski definition) is 2. The van der Waals surface area contributed by atoms with Crippen molar-refractivity contribution in [1.82, 2.24) is 4.98 Å². The first-order valence-electron chi connectivity index (χ1n) is 5.91. The van der Waals surface area contributed by atoms with Gasteiger partial charge in [0, 0.05) is 24.5 Å². The van der Waals surface area contributed by atoms with Crippen LogP contribution in [0.4, 0.5) is 11.5 Å². The van der Waals surface area contributed by atoms with Crippen molar-refractivity contribution in [2.45, 2.75) is 6.92 Å². The topological polar surface area (TPSA) is 60.2 Å². The molecule has 18 heavy (non-hydrogen) atoms. The number of aromatic nitrogens is 1. The third-order valence-electron chi connectivity index (χ3n) is 2.49. The Labute approximate surface area is 107 Å². The predicted molar refractivity (Wildman–Crippen MR) is 73.2 cm³/mol. The Morgan fingerprint density at radius 3 is 2.94 bits per heavy atom. The second-order valence-corrected chi connectivity index (χ2v) is 3.96. The Kier molecular flexibility index (Phi) is 4.15. The zero-order chi connectivity index (χ0) is 12.8. The molecule has 0 bridgehead atoms. The fraction of sp³-hybridized carbons (Fsp3) is 0.214. The van der Waals surface area contributed by atoms with Gasteiger partial charge in [0.25, 0.3) is 0 Å². The van der Waals surface area contributed by atoms with E-state index in [-0.39, 0.29) is 0 Å². The third kappa shape index (κ3) is 3.21. The number of aryl methyl sites for hydroxylation is 1. The van der Waals surface area contributed by atoms with Gasteiger partial charge >= 0.3 is 0 Å². The molecule has 0 saturated carbocycles. The fourth-order valence-corrected chi connectivity index (χ4v) is 1.59. The van der Waals surface area contributed by atoms with E-state index < -0.39 is 0 Å². The molecule has 1 heterocycles. The van der Waals surface area contributed by atoms with Gasteiger partial charge in [0.2, 0.25) is 0 Å². The number of ether oxygens (including phenoxy) is 1. The normalized spacial score (nSPS) is 10.1. The molecule has 2 rings (SSSR count). The summed E-state index contributed by atoms with van der Waals surface area (Å²) in [6, 6.07) is 11.7. The molecule has 4 nitrogen and oxygen atoms in total. The van der Waals surface area contributed by atoms with Crippen LogP contribution in [-0.2, 0) is 0 Å². The molecule has 4 heteroatoms. The zero-order valence-electron chi connectivity index (χ0n) is 10.4. The molecule has 2 aromatic rings. The quantitative estimate of drug-likeness (QED) is 0.847. The third-order valence-corrected chi connectivity index (χ3v) is 2.49. The Bertz CT molecular complexity index is 514. The largest absolute Gasteiger partial charge is 0.492 e. The molecule has 94 valence electrons. The van der Waals surface area contributed by atoms with Crippen LogP contribution in [0.2, 0.25) is 0 Å². The summed E-state index contributed by atoms with van der Waals surface area (Å²) in [4.78, 5) is 4.29. The van der Waals surface area contributed by atoms with E-state index in [1.54, 1.807) is 6.20 Å². The Morgan fingerprint density at radius 1 is 1.28 bits per heavy atom. The van der Waals surface area contributed by atoms with Crippen molar-refractivity contribution < 1.29 is 4.74 Å². The molecule has 0 amide bonds. The van der Waals surface area contributed by atoms with Crippen molar-refractivity contribution in [3.05, 3.63) is 48.2 Å². The van der Waals surface area contributed by atoms with Crippen molar-refractivity contribution in [2.24, 2.45) is 5.73 Å². The van der Waals surface area contributed by atoms with E-state index >= 15 is 0 Å². The summed E-state index contributed by atoms with van der Waals surface area (Å²) in [6.07, 6.45) is 1.77. The van der Waals surface area contributed by atoms with Gasteiger partial charge in [-0.2, -0.15) is 0 Å². The van der Waals surface area contributed by atoms with Crippen LogP contribution in [0.3, 0.4) is 0 Å². The van der Waals surface area contributed by atoms with Crippen LogP contribution in [0.1, 0.15) is 5.56 Å². The van der Waals surface area contributed by atoms with Crippen LogP contribution in [-0.4, -0.2) is 18.1 Å². The van der Waals surface area contributed by atoms with Crippen LogP contribution in [0.15, 0.2) is 42.6 Å². The second-order valence-electron chi connectivity index (χ2n) is 3.96. The van der Waals surface area contributed by atoms with Crippen LogP contribution in [0.25, 0.3) is 0 Å². The van der Waals surface area contributed by atoms with Gasteiger partial charge in [0.15, 0.2) is 0 Å². The molecule has 0 aliphatic heterocycles. The first-order chi connectivity index (χ1) is 8.79. The molecular weight excluding hydrogens is 226 g/mol. The maximum Gasteiger partial charge on any atom is 0.133 e. The number of anilines is 2. The molecule has 0 aliphatic rings. The Balaban J connectivity index is 2.12. The number of hydrogen-bond acceptors (Lipinski definition) is 4. The summed E-state index contributed by atoms with van der Waals surface area (Å²) in [7, 11) is 0. The monoisotopic (exact) mass is 243 g/mol. The van der Waals surface area contributed by atoms with Gasteiger partial charge in [-0.25, -0.2) is 4.98 Å². The number of benzene rings is 1. The van der Waals surface area contributed by atoms with Crippen LogP contribution < -0.4 is 15.8 Å². The van der Waals surface area contributed by atoms with Crippen molar-refractivity contribution in [2.75, 3.05) is 18.5 Å². The van der Waals surface area contributed by atoms with Crippen molar-refractivity contribution in [3.63, 3.8) is 0 Å². The highest BCUT2D eigenvalue weighted by Gasteiger charge is 2.00. The molecule has 0 unspecified atom stereocenters. The smallest absolute Gasteiger partial charge is 0.133 e. The average molecular weight is 243 g/mol. The number of nitrogens with two attached hydrogens (primary N) is 1. The summed E-state index contributed by atoms with van der Waals surface area (Å²) < 4.78 is 5.48. The standard InChI is InChI=1S/C14H17N3O/c1-11-4-3-8-16-14(11)17-12-5-2-6-13(10-12)18-9-7-15/h2-6,8,10H,7,9,15H2,1H3,(H,16,17). The molecule has 1 aromatic carbocycles. The van der Waals surface area contributed by atoms with E-state index in [0.717, 1.165) is 22.8 Å². The molecule has 0 atom stereocenters. The van der Waals surface area contributed by atoms with E-state index in [9.17, 15) is 0 Å². The molecule has 0 spiro atoms. The minimum atomic E-state index is 0.511. The van der Waals surface area contributed by atoms with Crippen molar-refractivity contribution in [3.8, 4) is 5.75 Å². The van der Waals surface area contributed by atoms with Gasteiger partial charge in [-0.05, 0) is 30.7 Å². The van der Waals surface area contributed by atoms with Gasteiger partial charge in [0.05, 0.1) is 0 Å². The van der Waals surface area contributed by atoms with E-state index in [0.29, 0.717) is 13.2 Å². The maximum atomic E-state index is 5.48. The average Bonchev–Trinajstić information content (AvgIpc) is 2.40. The predicted octanol–water partition coefficient (Wildman–Crippen LogP) is 2.47. The highest BCUT2D eigenvalue weighted by Crippen LogP contribution is 2.21. The van der Waals surface area contributed by atoms with Gasteiger partial charge in [-0.3, -0.25) is 0 Å². The lowest BCUT2D eigenvalue weighted by Crippen LogP contribution is -2.10. The highest BCUT2D eigenvalue weighted by molar-refractivity contribution is 5.60. The molecule has 0 fully saturated rings. The maximum absolute atomic E-state index is 5.48. The number of pyridine rings is 1. The van der Waals surface area contributed by atoms with Crippen LogP contribution in [0, 0.1) is 6.92 Å². The Morgan fingerprint density at radius 2 is 2.17 bits per heavy atom. The zero-order valence-corrected chi connectivity index (χ0v) is 10.4. The highest BCUT2D eigenvalue weighted by atomic mass is 16.5. The lowest BCUT2D eigenvalue weighted by Gasteiger charge is -2.10. The van der Waals surface area contributed by atoms with Crippen LogP contribution >= 0.6 is 0 Å². The second kappa shape index (κ2) is 6.02. The van der Waals surface area contributed by atoms with Crippen molar-refractivity contribution in [1.29, 1.82) is 0 Å². The number of rotatable bonds is 5. The molecule has 1 aromatic heterocycles. The molecule has 0 radical (unpaired) electrons. The van der Waals surface area contributed by atoms with E-state index in [2.05, 4.69) is 10.3 Å². The Hall–Kier alpha value is -2.07. The van der Waals surface area contributed by atoms with E-state index in [1.165, 1.54) is 0 Å². The van der Waals surface area contributed by atoms with Gasteiger partial charge in [-0.15, -0.1) is 0 Å². The van der Waals surface area contributed by atoms with Crippen LogP contribution in [0.5, 0.6) is 5.75 Å². The number of nitrogens with one attached hydrogen (secondary N) is 1. The summed E-state index contributed by atoms with van der Waals surface area (Å²) in [5.41, 5.74) is 7.46. The van der Waals surface area contributed by atoms with Gasteiger partial charge in [0.1, 0.15) is 18.2 Å². The van der Waals surface area contributed by atoms with E-state index in [4.69, 9.17) is 10.5 Å². The first kappa shape index (κ1) is 12.4. The molecular formula is C14H17N3O. The van der Waals surface area contributed by atoms with Crippen molar-refractivity contribution >= 4 is 11.5 Å². The molecule has 3 N–H and O–H groups in total. The minimum Gasteiger partial charge on any atom is -0.492 e.